The average molecular weight is 331 g/mol. The van der Waals surface area contributed by atoms with Crippen molar-refractivity contribution in [3.63, 3.8) is 0 Å². The van der Waals surface area contributed by atoms with Crippen LogP contribution in [0.1, 0.15) is 12.8 Å². The zero-order valence-electron chi connectivity index (χ0n) is 11.5. The first-order chi connectivity index (χ1) is 9.95. The molecule has 0 bridgehead atoms. The highest BCUT2D eigenvalue weighted by atomic mass is 32.2. The van der Waals surface area contributed by atoms with Gasteiger partial charge in [-0.1, -0.05) is 6.07 Å². The molecule has 21 heavy (non-hydrogen) atoms. The molecule has 0 aromatic heterocycles. The topological polar surface area (TPSA) is 101 Å². The van der Waals surface area contributed by atoms with Gasteiger partial charge in [-0.2, -0.15) is 11.8 Å². The first-order valence-electron chi connectivity index (χ1n) is 6.51. The van der Waals surface area contributed by atoms with Crippen LogP contribution in [0.3, 0.4) is 0 Å². The summed E-state index contributed by atoms with van der Waals surface area (Å²) in [7, 11) is -2.40. The third kappa shape index (κ3) is 3.66. The van der Waals surface area contributed by atoms with Crippen LogP contribution < -0.4 is 10.0 Å². The number of hydrogen-bond donors (Lipinski definition) is 2. The maximum absolute atomic E-state index is 12.4. The largest absolute Gasteiger partial charge is 0.383 e. The quantitative estimate of drug-likeness (QED) is 0.630. The number of anilines is 1. The number of rotatable bonds is 5. The molecule has 0 spiro atoms. The van der Waals surface area contributed by atoms with Crippen LogP contribution >= 0.6 is 11.8 Å². The predicted molar refractivity (Wildman–Crippen MR) is 83.3 cm³/mol. The van der Waals surface area contributed by atoms with Crippen LogP contribution in [0.2, 0.25) is 0 Å². The molecule has 1 aliphatic heterocycles. The molecule has 1 aliphatic rings. The molecule has 1 aromatic carbocycles. The molecule has 0 radical (unpaired) electrons. The van der Waals surface area contributed by atoms with E-state index in [0.717, 1.165) is 18.6 Å². The molecule has 1 atom stereocenters. The molecule has 0 amide bonds. The van der Waals surface area contributed by atoms with E-state index in [1.165, 1.54) is 25.2 Å². The van der Waals surface area contributed by atoms with Gasteiger partial charge < -0.3 is 5.32 Å². The summed E-state index contributed by atoms with van der Waals surface area (Å²) in [6.45, 7) is 0. The number of nitro groups is 1. The van der Waals surface area contributed by atoms with E-state index < -0.39 is 20.6 Å². The lowest BCUT2D eigenvalue weighted by molar-refractivity contribution is -0.386. The molecule has 0 saturated carbocycles. The van der Waals surface area contributed by atoms with Gasteiger partial charge in [-0.3, -0.25) is 10.1 Å². The highest BCUT2D eigenvalue weighted by Crippen LogP contribution is 2.32. The summed E-state index contributed by atoms with van der Waals surface area (Å²) in [6, 6.07) is 4.06. The Bertz CT molecular complexity index is 627. The van der Waals surface area contributed by atoms with Crippen LogP contribution in [0.15, 0.2) is 23.1 Å². The molecule has 7 nitrogen and oxygen atoms in total. The summed E-state index contributed by atoms with van der Waals surface area (Å²) in [5.41, 5.74) is -0.239. The maximum atomic E-state index is 12.4. The fraction of sp³-hybridized carbons (Fsp3) is 0.500. The molecule has 1 saturated heterocycles. The van der Waals surface area contributed by atoms with Crippen LogP contribution in [0.25, 0.3) is 0 Å². The van der Waals surface area contributed by atoms with Crippen LogP contribution in [0, 0.1) is 10.1 Å². The minimum atomic E-state index is -3.91. The van der Waals surface area contributed by atoms with Crippen molar-refractivity contribution in [2.75, 3.05) is 23.9 Å². The van der Waals surface area contributed by atoms with Crippen molar-refractivity contribution in [1.82, 2.24) is 4.72 Å². The third-order valence-electron chi connectivity index (χ3n) is 3.22. The van der Waals surface area contributed by atoms with Gasteiger partial charge in [-0.15, -0.1) is 0 Å². The molecule has 2 rings (SSSR count). The Labute approximate surface area is 127 Å². The number of para-hydroxylation sites is 1. The molecule has 1 unspecified atom stereocenters. The van der Waals surface area contributed by atoms with Crippen molar-refractivity contribution < 1.29 is 13.3 Å². The van der Waals surface area contributed by atoms with Crippen molar-refractivity contribution in [3.05, 3.63) is 28.3 Å². The first kappa shape index (κ1) is 16.1. The molecule has 2 N–H and O–H groups in total. The van der Waals surface area contributed by atoms with Crippen molar-refractivity contribution in [1.29, 1.82) is 0 Å². The SMILES string of the molecule is CNc1cccc(S(=O)(=O)NC2CCCSC2)c1[N+](=O)[O-]. The number of thioether (sulfide) groups is 1. The Morgan fingerprint density at radius 1 is 1.43 bits per heavy atom. The molecule has 9 heteroatoms. The summed E-state index contributed by atoms with van der Waals surface area (Å²) in [5, 5.41) is 13.9. The van der Waals surface area contributed by atoms with Gasteiger partial charge in [-0.25, -0.2) is 13.1 Å². The van der Waals surface area contributed by atoms with Crippen LogP contribution in [0.5, 0.6) is 0 Å². The summed E-state index contributed by atoms with van der Waals surface area (Å²) in [5.74, 6) is 1.71. The molecule has 0 aliphatic carbocycles. The number of nitrogens with zero attached hydrogens (tertiary/aromatic N) is 1. The van der Waals surface area contributed by atoms with Crippen molar-refractivity contribution >= 4 is 33.2 Å². The normalized spacial score (nSPS) is 19.2. The van der Waals surface area contributed by atoms with E-state index in [1.54, 1.807) is 11.8 Å². The van der Waals surface area contributed by atoms with Crippen molar-refractivity contribution in [2.45, 2.75) is 23.8 Å². The van der Waals surface area contributed by atoms with E-state index in [2.05, 4.69) is 10.0 Å². The van der Waals surface area contributed by atoms with Gasteiger partial charge in [0.2, 0.25) is 10.0 Å². The smallest absolute Gasteiger partial charge is 0.312 e. The van der Waals surface area contributed by atoms with Gasteiger partial charge >= 0.3 is 5.69 Å². The highest BCUT2D eigenvalue weighted by molar-refractivity contribution is 7.99. The number of nitro benzene ring substituents is 1. The van der Waals surface area contributed by atoms with Crippen LogP contribution in [-0.4, -0.2) is 37.9 Å². The fourth-order valence-electron chi connectivity index (χ4n) is 2.25. The Hall–Kier alpha value is -1.32. The van der Waals surface area contributed by atoms with E-state index in [0.29, 0.717) is 5.75 Å². The van der Waals surface area contributed by atoms with Crippen LogP contribution in [0.4, 0.5) is 11.4 Å². The Morgan fingerprint density at radius 2 is 2.19 bits per heavy atom. The highest BCUT2D eigenvalue weighted by Gasteiger charge is 2.30. The Balaban J connectivity index is 2.37. The first-order valence-corrected chi connectivity index (χ1v) is 9.14. The van der Waals surface area contributed by atoms with E-state index in [1.807, 2.05) is 0 Å². The molecule has 116 valence electrons. The Kier molecular flexibility index (Phi) is 5.07. The van der Waals surface area contributed by atoms with Crippen molar-refractivity contribution in [3.8, 4) is 0 Å². The molecular formula is C12H17N3O4S2. The van der Waals surface area contributed by atoms with Gasteiger partial charge in [0, 0.05) is 18.8 Å². The second-order valence-corrected chi connectivity index (χ2v) is 7.53. The molecule has 1 fully saturated rings. The zero-order chi connectivity index (χ0) is 15.5. The van der Waals surface area contributed by atoms with E-state index >= 15 is 0 Å². The summed E-state index contributed by atoms with van der Waals surface area (Å²) < 4.78 is 27.5. The van der Waals surface area contributed by atoms with E-state index in [4.69, 9.17) is 0 Å². The standard InChI is InChI=1S/C12H17N3O4S2/c1-13-10-5-2-6-11(12(10)15(16)17)21(18,19)14-9-4-3-7-20-8-9/h2,5-6,9,13-14H,3-4,7-8H2,1H3. The Morgan fingerprint density at radius 3 is 2.76 bits per heavy atom. The zero-order valence-corrected chi connectivity index (χ0v) is 13.2. The second-order valence-electron chi connectivity index (χ2n) is 4.69. The minimum absolute atomic E-state index is 0.174. The second kappa shape index (κ2) is 6.63. The van der Waals surface area contributed by atoms with Gasteiger partial charge in [0.25, 0.3) is 0 Å². The van der Waals surface area contributed by atoms with Gasteiger partial charge in [0.1, 0.15) is 5.69 Å². The van der Waals surface area contributed by atoms with Crippen LogP contribution in [-0.2, 0) is 10.0 Å². The lowest BCUT2D eigenvalue weighted by atomic mass is 10.2. The average Bonchev–Trinajstić information content (AvgIpc) is 2.46. The number of hydrogen-bond acceptors (Lipinski definition) is 6. The third-order valence-corrected chi connectivity index (χ3v) is 5.99. The predicted octanol–water partition coefficient (Wildman–Crippen LogP) is 1.81. The maximum Gasteiger partial charge on any atom is 0.312 e. The van der Waals surface area contributed by atoms with Gasteiger partial charge in [0.05, 0.1) is 4.92 Å². The molecule has 1 heterocycles. The molecular weight excluding hydrogens is 314 g/mol. The summed E-state index contributed by atoms with van der Waals surface area (Å²) in [6.07, 6.45) is 1.70. The number of nitrogens with one attached hydrogen (secondary N) is 2. The monoisotopic (exact) mass is 331 g/mol. The summed E-state index contributed by atoms with van der Waals surface area (Å²) in [4.78, 5) is 10.2. The fourth-order valence-corrected chi connectivity index (χ4v) is 4.89. The lowest BCUT2D eigenvalue weighted by Crippen LogP contribution is -2.38. The minimum Gasteiger partial charge on any atom is -0.383 e. The van der Waals surface area contributed by atoms with Gasteiger partial charge in [-0.05, 0) is 30.7 Å². The number of benzene rings is 1. The van der Waals surface area contributed by atoms with E-state index in [9.17, 15) is 18.5 Å². The van der Waals surface area contributed by atoms with Crippen molar-refractivity contribution in [2.24, 2.45) is 0 Å². The lowest BCUT2D eigenvalue weighted by Gasteiger charge is -2.22. The molecule has 1 aromatic rings. The number of sulfonamides is 1. The summed E-state index contributed by atoms with van der Waals surface area (Å²) >= 11 is 1.68. The van der Waals surface area contributed by atoms with Gasteiger partial charge in [0.15, 0.2) is 4.90 Å². The van der Waals surface area contributed by atoms with E-state index in [-0.39, 0.29) is 16.6 Å².